The molecule has 1 N–H and O–H groups in total. The first-order valence-electron chi connectivity index (χ1n) is 7.88. The van der Waals surface area contributed by atoms with E-state index in [0.717, 1.165) is 37.3 Å². The number of anilines is 1. The number of rotatable bonds is 5. The van der Waals surface area contributed by atoms with Gasteiger partial charge in [-0.3, -0.25) is 4.79 Å². The summed E-state index contributed by atoms with van der Waals surface area (Å²) in [5.41, 5.74) is 3.77. The number of carbonyl (C=O) groups is 1. The van der Waals surface area contributed by atoms with Gasteiger partial charge in [-0.15, -0.1) is 11.8 Å². The average molecular weight is 305 g/mol. The van der Waals surface area contributed by atoms with E-state index in [2.05, 4.69) is 17.4 Å². The van der Waals surface area contributed by atoms with Crippen molar-refractivity contribution in [3.05, 3.63) is 29.3 Å². The first-order valence-corrected chi connectivity index (χ1v) is 8.93. The van der Waals surface area contributed by atoms with Gasteiger partial charge in [0.05, 0.1) is 11.4 Å². The molecule has 0 saturated carbocycles. The Labute approximate surface area is 130 Å². The molecule has 1 aliphatic carbocycles. The Bertz CT molecular complexity index is 512. The van der Waals surface area contributed by atoms with Gasteiger partial charge in [-0.25, -0.2) is 0 Å². The van der Waals surface area contributed by atoms with Crippen molar-refractivity contribution in [2.45, 2.75) is 50.4 Å². The molecule has 0 unspecified atom stereocenters. The van der Waals surface area contributed by atoms with Gasteiger partial charge in [0, 0.05) is 18.0 Å². The van der Waals surface area contributed by atoms with Crippen LogP contribution in [0.2, 0.25) is 0 Å². The molecule has 2 aliphatic rings. The van der Waals surface area contributed by atoms with Gasteiger partial charge in [-0.1, -0.05) is 6.07 Å². The maximum atomic E-state index is 12.2. The molecule has 0 spiro atoms. The minimum absolute atomic E-state index is 0.0394. The fourth-order valence-corrected chi connectivity index (χ4v) is 3.97. The Balaban J connectivity index is 1.50. The molecule has 3 nitrogen and oxygen atoms in total. The number of thioether (sulfide) groups is 1. The third-order valence-corrected chi connectivity index (χ3v) is 5.57. The van der Waals surface area contributed by atoms with Gasteiger partial charge in [0.1, 0.15) is 0 Å². The number of nitrogens with one attached hydrogen (secondary N) is 1. The third-order valence-electron chi connectivity index (χ3n) is 4.29. The molecular weight excluding hydrogens is 282 g/mol. The lowest BCUT2D eigenvalue weighted by molar-refractivity contribution is -0.115. The van der Waals surface area contributed by atoms with Crippen molar-refractivity contribution >= 4 is 23.4 Å². The molecule has 1 aliphatic heterocycles. The fraction of sp³-hybridized carbons (Fsp3) is 0.588. The van der Waals surface area contributed by atoms with E-state index in [1.165, 1.54) is 24.0 Å². The lowest BCUT2D eigenvalue weighted by Crippen LogP contribution is -2.24. The minimum atomic E-state index is -0.0394. The molecule has 1 fully saturated rings. The second kappa shape index (κ2) is 6.84. The molecule has 0 bridgehead atoms. The van der Waals surface area contributed by atoms with Crippen LogP contribution in [0.4, 0.5) is 5.69 Å². The van der Waals surface area contributed by atoms with Gasteiger partial charge in [0.15, 0.2) is 0 Å². The van der Waals surface area contributed by atoms with E-state index in [1.54, 1.807) is 11.8 Å². The highest BCUT2D eigenvalue weighted by Gasteiger charge is 2.20. The van der Waals surface area contributed by atoms with Crippen molar-refractivity contribution in [3.8, 4) is 0 Å². The smallest absolute Gasteiger partial charge is 0.237 e. The molecule has 1 aromatic rings. The average Bonchev–Trinajstić information content (AvgIpc) is 3.15. The molecular formula is C17H23NO2S. The van der Waals surface area contributed by atoms with E-state index in [9.17, 15) is 4.79 Å². The normalized spacial score (nSPS) is 22.0. The van der Waals surface area contributed by atoms with Gasteiger partial charge in [-0.05, 0) is 62.3 Å². The summed E-state index contributed by atoms with van der Waals surface area (Å²) in [4.78, 5) is 12.2. The summed E-state index contributed by atoms with van der Waals surface area (Å²) in [6.45, 7) is 2.85. The van der Waals surface area contributed by atoms with E-state index in [1.807, 2.05) is 13.0 Å². The van der Waals surface area contributed by atoms with Crippen LogP contribution in [0.1, 0.15) is 37.3 Å². The zero-order chi connectivity index (χ0) is 14.7. The monoisotopic (exact) mass is 305 g/mol. The van der Waals surface area contributed by atoms with E-state index in [0.29, 0.717) is 6.10 Å². The highest BCUT2D eigenvalue weighted by atomic mass is 32.2. The van der Waals surface area contributed by atoms with Crippen LogP contribution in [0.5, 0.6) is 0 Å². The maximum Gasteiger partial charge on any atom is 0.237 e. The number of benzene rings is 1. The Hall–Kier alpha value is -1.00. The fourth-order valence-electron chi connectivity index (χ4n) is 3.00. The second-order valence-electron chi connectivity index (χ2n) is 5.94. The molecule has 1 saturated heterocycles. The molecule has 2 atom stereocenters. The number of amides is 1. The summed E-state index contributed by atoms with van der Waals surface area (Å²) >= 11 is 1.69. The van der Waals surface area contributed by atoms with Crippen LogP contribution in [0.15, 0.2) is 18.2 Å². The van der Waals surface area contributed by atoms with E-state index < -0.39 is 0 Å². The zero-order valence-corrected chi connectivity index (χ0v) is 13.4. The SMILES string of the molecule is C[C@H](SC[C@@H]1CCCO1)C(=O)Nc1ccc2c(c1)CCC2. The highest BCUT2D eigenvalue weighted by Crippen LogP contribution is 2.26. The van der Waals surface area contributed by atoms with Crippen molar-refractivity contribution in [2.24, 2.45) is 0 Å². The van der Waals surface area contributed by atoms with Crippen molar-refractivity contribution in [1.29, 1.82) is 0 Å². The Kier molecular flexibility index (Phi) is 4.86. The number of fused-ring (bicyclic) bond motifs is 1. The molecule has 1 aromatic carbocycles. The summed E-state index contributed by atoms with van der Waals surface area (Å²) in [5, 5.41) is 3.01. The number of hydrogen-bond donors (Lipinski definition) is 1. The van der Waals surface area contributed by atoms with Crippen LogP contribution < -0.4 is 5.32 Å². The van der Waals surface area contributed by atoms with E-state index >= 15 is 0 Å². The van der Waals surface area contributed by atoms with Gasteiger partial charge >= 0.3 is 0 Å². The molecule has 3 rings (SSSR count). The molecule has 21 heavy (non-hydrogen) atoms. The van der Waals surface area contributed by atoms with E-state index in [-0.39, 0.29) is 11.2 Å². The quantitative estimate of drug-likeness (QED) is 0.906. The summed E-state index contributed by atoms with van der Waals surface area (Å²) in [6, 6.07) is 6.32. The van der Waals surface area contributed by atoms with Crippen LogP contribution in [0.25, 0.3) is 0 Å². The zero-order valence-electron chi connectivity index (χ0n) is 12.6. The number of ether oxygens (including phenoxy) is 1. The van der Waals surface area contributed by atoms with Crippen molar-refractivity contribution in [1.82, 2.24) is 0 Å². The molecule has 1 amide bonds. The third kappa shape index (κ3) is 3.80. The Morgan fingerprint density at radius 1 is 1.38 bits per heavy atom. The first-order chi connectivity index (χ1) is 10.2. The van der Waals surface area contributed by atoms with Crippen LogP contribution in [-0.2, 0) is 22.4 Å². The summed E-state index contributed by atoms with van der Waals surface area (Å²) in [5.74, 6) is 1.01. The molecule has 114 valence electrons. The van der Waals surface area contributed by atoms with Gasteiger partial charge in [-0.2, -0.15) is 0 Å². The lowest BCUT2D eigenvalue weighted by atomic mass is 10.1. The summed E-state index contributed by atoms with van der Waals surface area (Å²) in [6.07, 6.45) is 6.18. The predicted octanol–water partition coefficient (Wildman–Crippen LogP) is 3.41. The largest absolute Gasteiger partial charge is 0.377 e. The number of carbonyl (C=O) groups excluding carboxylic acids is 1. The van der Waals surface area contributed by atoms with Crippen molar-refractivity contribution < 1.29 is 9.53 Å². The van der Waals surface area contributed by atoms with Crippen LogP contribution >= 0.6 is 11.8 Å². The molecule has 4 heteroatoms. The molecule has 1 heterocycles. The summed E-state index contributed by atoms with van der Waals surface area (Å²) in [7, 11) is 0. The van der Waals surface area contributed by atoms with Gasteiger partial charge in [0.2, 0.25) is 5.91 Å². The number of aryl methyl sites for hydroxylation is 2. The van der Waals surface area contributed by atoms with Gasteiger partial charge < -0.3 is 10.1 Å². The first kappa shape index (κ1) is 14.9. The van der Waals surface area contributed by atoms with E-state index in [4.69, 9.17) is 4.74 Å². The Morgan fingerprint density at radius 3 is 3.05 bits per heavy atom. The molecule has 0 radical (unpaired) electrons. The number of hydrogen-bond acceptors (Lipinski definition) is 3. The van der Waals surface area contributed by atoms with Crippen LogP contribution in [-0.4, -0.2) is 29.6 Å². The van der Waals surface area contributed by atoms with Crippen LogP contribution in [0, 0.1) is 0 Å². The topological polar surface area (TPSA) is 38.3 Å². The van der Waals surface area contributed by atoms with Crippen molar-refractivity contribution in [3.63, 3.8) is 0 Å². The lowest BCUT2D eigenvalue weighted by Gasteiger charge is -2.15. The predicted molar refractivity (Wildman–Crippen MR) is 88.0 cm³/mol. The Morgan fingerprint density at radius 2 is 2.24 bits per heavy atom. The highest BCUT2D eigenvalue weighted by molar-refractivity contribution is 8.00. The summed E-state index contributed by atoms with van der Waals surface area (Å²) < 4.78 is 5.60. The maximum absolute atomic E-state index is 12.2. The van der Waals surface area contributed by atoms with Crippen LogP contribution in [0.3, 0.4) is 0 Å². The standard InChI is InChI=1S/C17H23NO2S/c1-12(21-11-16-6-3-9-20-16)17(19)18-15-8-7-13-4-2-5-14(13)10-15/h7-8,10,12,16H,2-6,9,11H2,1H3,(H,18,19)/t12-,16-/m0/s1. The minimum Gasteiger partial charge on any atom is -0.377 e. The second-order valence-corrected chi connectivity index (χ2v) is 7.31. The van der Waals surface area contributed by atoms with Crippen molar-refractivity contribution in [2.75, 3.05) is 17.7 Å². The molecule has 0 aromatic heterocycles. The van der Waals surface area contributed by atoms with Gasteiger partial charge in [0.25, 0.3) is 0 Å².